The molecular weight excluding hydrogens is 461 g/mol. The Morgan fingerprint density at radius 2 is 1.97 bits per heavy atom. The van der Waals surface area contributed by atoms with E-state index < -0.39 is 0 Å². The van der Waals surface area contributed by atoms with Crippen molar-refractivity contribution in [3.05, 3.63) is 70.4 Å². The Morgan fingerprint density at radius 1 is 1.17 bits per heavy atom. The monoisotopic (exact) mass is 491 g/mol. The highest BCUT2D eigenvalue weighted by Crippen LogP contribution is 2.33. The molecule has 1 fully saturated rings. The molecule has 2 aromatic carbocycles. The molecule has 35 heavy (non-hydrogen) atoms. The lowest BCUT2D eigenvalue weighted by Crippen LogP contribution is -2.45. The summed E-state index contributed by atoms with van der Waals surface area (Å²) in [7, 11) is 4.11. The van der Waals surface area contributed by atoms with E-state index in [1.165, 1.54) is 29.0 Å². The fourth-order valence-corrected chi connectivity index (χ4v) is 5.83. The Morgan fingerprint density at radius 3 is 2.74 bits per heavy atom. The van der Waals surface area contributed by atoms with Crippen LogP contribution in [0, 0.1) is 12.7 Å². The standard InChI is InChI=1S/C27H30FN5OS/c1-17-29-25(26(35-17)18-10-12-20(28)13-11-18)27(34)33-14-5-4-8-21(33)15-23-30-22-9-6-7-19(16-32(2)3)24(22)31-23/h6-7,9-13,21H,4-5,8,14-16H2,1-3H3,(H,30,31). The van der Waals surface area contributed by atoms with Crippen molar-refractivity contribution in [1.82, 2.24) is 24.8 Å². The number of carbonyl (C=O) groups excluding carboxylic acids is 1. The number of thiazole rings is 1. The quantitative estimate of drug-likeness (QED) is 0.390. The molecule has 1 aliphatic rings. The second-order valence-electron chi connectivity index (χ2n) is 9.50. The maximum atomic E-state index is 13.8. The van der Waals surface area contributed by atoms with Gasteiger partial charge in [0.2, 0.25) is 0 Å². The van der Waals surface area contributed by atoms with Crippen molar-refractivity contribution in [3.8, 4) is 10.4 Å². The Labute approximate surface area is 208 Å². The number of aryl methyl sites for hydroxylation is 1. The predicted octanol–water partition coefficient (Wildman–Crippen LogP) is 5.43. The minimum atomic E-state index is -0.293. The number of nitrogens with zero attached hydrogens (tertiary/aromatic N) is 4. The van der Waals surface area contributed by atoms with Crippen molar-refractivity contribution >= 4 is 28.3 Å². The molecular formula is C27H30FN5OS. The zero-order chi connectivity index (χ0) is 24.5. The number of fused-ring (bicyclic) bond motifs is 1. The van der Waals surface area contributed by atoms with Crippen molar-refractivity contribution in [1.29, 1.82) is 0 Å². The van der Waals surface area contributed by atoms with Crippen LogP contribution < -0.4 is 0 Å². The van der Waals surface area contributed by atoms with Crippen molar-refractivity contribution in [2.45, 2.75) is 45.2 Å². The summed E-state index contributed by atoms with van der Waals surface area (Å²) in [6.07, 6.45) is 3.67. The van der Waals surface area contributed by atoms with Gasteiger partial charge < -0.3 is 14.8 Å². The van der Waals surface area contributed by atoms with E-state index in [-0.39, 0.29) is 17.8 Å². The molecule has 0 spiro atoms. The van der Waals surface area contributed by atoms with E-state index in [0.717, 1.165) is 58.1 Å². The highest BCUT2D eigenvalue weighted by molar-refractivity contribution is 7.15. The van der Waals surface area contributed by atoms with E-state index >= 15 is 0 Å². The maximum absolute atomic E-state index is 13.8. The molecule has 2 aromatic heterocycles. The van der Waals surface area contributed by atoms with Gasteiger partial charge in [-0.2, -0.15) is 0 Å². The van der Waals surface area contributed by atoms with Gasteiger partial charge in [-0.25, -0.2) is 14.4 Å². The summed E-state index contributed by atoms with van der Waals surface area (Å²) < 4.78 is 13.5. The minimum absolute atomic E-state index is 0.0529. The zero-order valence-electron chi connectivity index (χ0n) is 20.3. The molecule has 1 saturated heterocycles. The van der Waals surface area contributed by atoms with Crippen LogP contribution in [0.15, 0.2) is 42.5 Å². The van der Waals surface area contributed by atoms with E-state index in [2.05, 4.69) is 47.2 Å². The third kappa shape index (κ3) is 4.99. The Hall–Kier alpha value is -3.10. The molecule has 0 saturated carbocycles. The first-order valence-electron chi connectivity index (χ1n) is 12.0. The summed E-state index contributed by atoms with van der Waals surface area (Å²) in [6, 6.07) is 12.6. The molecule has 5 rings (SSSR count). The number of piperidine rings is 1. The Bertz CT molecular complexity index is 1340. The molecule has 0 bridgehead atoms. The van der Waals surface area contributed by atoms with Crippen LogP contribution >= 0.6 is 11.3 Å². The number of benzene rings is 2. The lowest BCUT2D eigenvalue weighted by molar-refractivity contribution is 0.0607. The summed E-state index contributed by atoms with van der Waals surface area (Å²) in [5, 5.41) is 0.826. The van der Waals surface area contributed by atoms with Crippen LogP contribution in [0.1, 0.15) is 46.1 Å². The molecule has 4 aromatic rings. The van der Waals surface area contributed by atoms with Gasteiger partial charge in [0, 0.05) is 25.6 Å². The van der Waals surface area contributed by atoms with Crippen molar-refractivity contribution in [3.63, 3.8) is 0 Å². The molecule has 1 amide bonds. The van der Waals surface area contributed by atoms with Gasteiger partial charge in [-0.1, -0.05) is 24.3 Å². The summed E-state index contributed by atoms with van der Waals surface area (Å²) in [5.41, 5.74) is 4.50. The lowest BCUT2D eigenvalue weighted by atomic mass is 9.98. The predicted molar refractivity (Wildman–Crippen MR) is 138 cm³/mol. The summed E-state index contributed by atoms with van der Waals surface area (Å²) in [4.78, 5) is 31.7. The van der Waals surface area contributed by atoms with Crippen molar-refractivity contribution in [2.75, 3.05) is 20.6 Å². The minimum Gasteiger partial charge on any atom is -0.342 e. The number of H-pyrrole nitrogens is 1. The first-order chi connectivity index (χ1) is 16.9. The fraction of sp³-hybridized carbons (Fsp3) is 0.370. The smallest absolute Gasteiger partial charge is 0.274 e. The molecule has 0 aliphatic carbocycles. The largest absolute Gasteiger partial charge is 0.342 e. The van der Waals surface area contributed by atoms with Crippen LogP contribution in [0.25, 0.3) is 21.5 Å². The van der Waals surface area contributed by atoms with Crippen molar-refractivity contribution in [2.24, 2.45) is 0 Å². The molecule has 1 N–H and O–H groups in total. The van der Waals surface area contributed by atoms with Gasteiger partial charge in [0.1, 0.15) is 17.3 Å². The first-order valence-corrected chi connectivity index (χ1v) is 12.9. The number of aromatic nitrogens is 3. The summed E-state index contributed by atoms with van der Waals surface area (Å²) >= 11 is 1.48. The molecule has 8 heteroatoms. The number of likely N-dealkylation sites (tertiary alicyclic amines) is 1. The van der Waals surface area contributed by atoms with Crippen LogP contribution in [0.2, 0.25) is 0 Å². The van der Waals surface area contributed by atoms with Crippen molar-refractivity contribution < 1.29 is 9.18 Å². The van der Waals surface area contributed by atoms with E-state index in [0.29, 0.717) is 18.7 Å². The van der Waals surface area contributed by atoms with Crippen LogP contribution in [0.4, 0.5) is 4.39 Å². The second-order valence-corrected chi connectivity index (χ2v) is 10.7. The molecule has 6 nitrogen and oxygen atoms in total. The molecule has 182 valence electrons. The van der Waals surface area contributed by atoms with Crippen LogP contribution in [-0.4, -0.2) is 57.3 Å². The van der Waals surface area contributed by atoms with Gasteiger partial charge >= 0.3 is 0 Å². The van der Waals surface area contributed by atoms with E-state index in [1.807, 2.05) is 11.8 Å². The summed E-state index contributed by atoms with van der Waals surface area (Å²) in [6.45, 7) is 3.43. The highest BCUT2D eigenvalue weighted by atomic mass is 32.1. The van der Waals surface area contributed by atoms with Crippen LogP contribution in [0.5, 0.6) is 0 Å². The number of rotatable bonds is 6. The van der Waals surface area contributed by atoms with E-state index in [9.17, 15) is 9.18 Å². The molecule has 1 aliphatic heterocycles. The number of nitrogens with one attached hydrogen (secondary N) is 1. The Kier molecular flexibility index (Phi) is 6.67. The van der Waals surface area contributed by atoms with Gasteiger partial charge in [0.05, 0.1) is 20.9 Å². The third-order valence-corrected chi connectivity index (χ3v) is 7.51. The van der Waals surface area contributed by atoms with Gasteiger partial charge in [-0.15, -0.1) is 11.3 Å². The Balaban J connectivity index is 1.42. The SMILES string of the molecule is Cc1nc(C(=O)N2CCCCC2Cc2nc3c(CN(C)C)cccc3[nH]2)c(-c2ccc(F)cc2)s1. The number of hydrogen-bond acceptors (Lipinski definition) is 5. The number of para-hydroxylation sites is 1. The third-order valence-electron chi connectivity index (χ3n) is 6.49. The van der Waals surface area contributed by atoms with Gasteiger partial charge in [-0.3, -0.25) is 4.79 Å². The first kappa shape index (κ1) is 23.6. The molecule has 1 unspecified atom stereocenters. The zero-order valence-corrected chi connectivity index (χ0v) is 21.2. The van der Waals surface area contributed by atoms with Crippen LogP contribution in [0.3, 0.4) is 0 Å². The second kappa shape index (κ2) is 9.87. The number of imidazole rings is 1. The van der Waals surface area contributed by atoms with Crippen LogP contribution in [-0.2, 0) is 13.0 Å². The summed E-state index contributed by atoms with van der Waals surface area (Å²) in [5.74, 6) is 0.561. The van der Waals surface area contributed by atoms with Gasteiger partial charge in [-0.05, 0) is 69.6 Å². The number of amides is 1. The number of hydrogen-bond donors (Lipinski definition) is 1. The fourth-order valence-electron chi connectivity index (χ4n) is 4.92. The lowest BCUT2D eigenvalue weighted by Gasteiger charge is -2.35. The molecule has 0 radical (unpaired) electrons. The molecule has 3 heterocycles. The maximum Gasteiger partial charge on any atom is 0.274 e. The highest BCUT2D eigenvalue weighted by Gasteiger charge is 2.31. The molecule has 1 atom stereocenters. The topological polar surface area (TPSA) is 65.1 Å². The number of aromatic amines is 1. The average molecular weight is 492 g/mol. The average Bonchev–Trinajstić information content (AvgIpc) is 3.43. The van der Waals surface area contributed by atoms with Gasteiger partial charge in [0.25, 0.3) is 5.91 Å². The number of carbonyl (C=O) groups is 1. The van der Waals surface area contributed by atoms with E-state index in [1.54, 1.807) is 12.1 Å². The normalized spacial score (nSPS) is 16.4. The number of halogens is 1. The van der Waals surface area contributed by atoms with Gasteiger partial charge in [0.15, 0.2) is 0 Å². The van der Waals surface area contributed by atoms with E-state index in [4.69, 9.17) is 4.98 Å².